The Kier molecular flexibility index (Phi) is 8.76. The van der Waals surface area contributed by atoms with E-state index in [1.807, 2.05) is 6.92 Å². The molecule has 2 N–H and O–H groups in total. The number of hydrogen-bond donors (Lipinski definition) is 2. The van der Waals surface area contributed by atoms with E-state index in [0.717, 1.165) is 6.42 Å². The SMILES string of the molecule is CCCOc1ccc(C(=O)Oc2ccc(/C=N\NC(=O)[C@@H](O)c3ccccc3)cc2OC)cc1. The van der Waals surface area contributed by atoms with Gasteiger partial charge in [0.2, 0.25) is 0 Å². The molecule has 3 aromatic rings. The van der Waals surface area contributed by atoms with Crippen molar-refractivity contribution in [2.75, 3.05) is 13.7 Å². The average Bonchev–Trinajstić information content (AvgIpc) is 2.88. The zero-order chi connectivity index (χ0) is 24.3. The molecular formula is C26H26N2O6. The van der Waals surface area contributed by atoms with Crippen molar-refractivity contribution in [1.29, 1.82) is 0 Å². The van der Waals surface area contributed by atoms with Gasteiger partial charge in [-0.1, -0.05) is 37.3 Å². The first kappa shape index (κ1) is 24.5. The molecule has 8 heteroatoms. The molecule has 1 atom stereocenters. The molecule has 0 saturated carbocycles. The van der Waals surface area contributed by atoms with E-state index >= 15 is 0 Å². The molecule has 3 aromatic carbocycles. The Morgan fingerprint density at radius 2 is 1.76 bits per heavy atom. The summed E-state index contributed by atoms with van der Waals surface area (Å²) < 4.78 is 16.3. The molecular weight excluding hydrogens is 436 g/mol. The van der Waals surface area contributed by atoms with Crippen LogP contribution in [0.15, 0.2) is 77.9 Å². The van der Waals surface area contributed by atoms with Gasteiger partial charge in [-0.3, -0.25) is 4.79 Å². The minimum Gasteiger partial charge on any atom is -0.494 e. The molecule has 8 nitrogen and oxygen atoms in total. The predicted octanol–water partition coefficient (Wildman–Crippen LogP) is 3.89. The van der Waals surface area contributed by atoms with Crippen molar-refractivity contribution in [3.05, 3.63) is 89.5 Å². The van der Waals surface area contributed by atoms with E-state index in [1.165, 1.54) is 13.3 Å². The van der Waals surface area contributed by atoms with Crippen LogP contribution in [0.3, 0.4) is 0 Å². The van der Waals surface area contributed by atoms with Crippen LogP contribution in [0.5, 0.6) is 17.2 Å². The van der Waals surface area contributed by atoms with E-state index in [0.29, 0.717) is 34.8 Å². The van der Waals surface area contributed by atoms with Gasteiger partial charge in [-0.05, 0) is 60.0 Å². The monoisotopic (exact) mass is 462 g/mol. The average molecular weight is 463 g/mol. The largest absolute Gasteiger partial charge is 0.494 e. The van der Waals surface area contributed by atoms with Crippen molar-refractivity contribution >= 4 is 18.1 Å². The Morgan fingerprint density at radius 1 is 1.03 bits per heavy atom. The van der Waals surface area contributed by atoms with E-state index in [2.05, 4.69) is 10.5 Å². The summed E-state index contributed by atoms with van der Waals surface area (Å²) >= 11 is 0. The third kappa shape index (κ3) is 6.66. The summed E-state index contributed by atoms with van der Waals surface area (Å²) in [5, 5.41) is 13.9. The highest BCUT2D eigenvalue weighted by molar-refractivity contribution is 5.92. The number of amides is 1. The molecule has 0 aromatic heterocycles. The van der Waals surface area contributed by atoms with Crippen LogP contribution in [0.1, 0.15) is 40.9 Å². The summed E-state index contributed by atoms with van der Waals surface area (Å²) in [5.74, 6) is 0.0355. The molecule has 0 heterocycles. The summed E-state index contributed by atoms with van der Waals surface area (Å²) in [5.41, 5.74) is 3.72. The van der Waals surface area contributed by atoms with E-state index < -0.39 is 18.0 Å². The molecule has 0 aliphatic heterocycles. The minimum atomic E-state index is -1.33. The zero-order valence-electron chi connectivity index (χ0n) is 18.9. The normalized spacial score (nSPS) is 11.6. The summed E-state index contributed by atoms with van der Waals surface area (Å²) in [6, 6.07) is 20.1. The lowest BCUT2D eigenvalue weighted by molar-refractivity contribution is -0.129. The quantitative estimate of drug-likeness (QED) is 0.205. The lowest BCUT2D eigenvalue weighted by Gasteiger charge is -2.11. The lowest BCUT2D eigenvalue weighted by atomic mass is 10.1. The van der Waals surface area contributed by atoms with Gasteiger partial charge in [0.25, 0.3) is 5.91 Å². The molecule has 0 unspecified atom stereocenters. The highest BCUT2D eigenvalue weighted by Gasteiger charge is 2.16. The predicted molar refractivity (Wildman–Crippen MR) is 127 cm³/mol. The number of aliphatic hydroxyl groups is 1. The molecule has 0 bridgehead atoms. The second-order valence-corrected chi connectivity index (χ2v) is 7.22. The van der Waals surface area contributed by atoms with Gasteiger partial charge in [-0.25, -0.2) is 10.2 Å². The number of nitrogens with zero attached hydrogens (tertiary/aromatic N) is 1. The maximum atomic E-state index is 12.5. The van der Waals surface area contributed by atoms with Gasteiger partial charge in [-0.2, -0.15) is 5.10 Å². The number of hydrazone groups is 1. The molecule has 34 heavy (non-hydrogen) atoms. The summed E-state index contributed by atoms with van der Waals surface area (Å²) in [6.45, 7) is 2.62. The van der Waals surface area contributed by atoms with E-state index in [9.17, 15) is 14.7 Å². The maximum absolute atomic E-state index is 12.5. The maximum Gasteiger partial charge on any atom is 0.343 e. The molecule has 0 aliphatic rings. The van der Waals surface area contributed by atoms with Crippen molar-refractivity contribution in [3.63, 3.8) is 0 Å². The Hall–Kier alpha value is -4.17. The van der Waals surface area contributed by atoms with Gasteiger partial charge in [0.05, 0.1) is 25.5 Å². The number of aliphatic hydroxyl groups excluding tert-OH is 1. The van der Waals surface area contributed by atoms with Crippen LogP contribution in [0.25, 0.3) is 0 Å². The molecule has 176 valence electrons. The van der Waals surface area contributed by atoms with Crippen LogP contribution in [-0.4, -0.2) is 36.9 Å². The number of methoxy groups -OCH3 is 1. The first-order chi connectivity index (χ1) is 16.5. The van der Waals surface area contributed by atoms with Crippen molar-refractivity contribution in [1.82, 2.24) is 5.43 Å². The fraction of sp³-hybridized carbons (Fsp3) is 0.192. The van der Waals surface area contributed by atoms with Crippen LogP contribution in [0, 0.1) is 0 Å². The van der Waals surface area contributed by atoms with Gasteiger partial charge in [-0.15, -0.1) is 0 Å². The number of carbonyl (C=O) groups is 2. The fourth-order valence-corrected chi connectivity index (χ4v) is 2.93. The smallest absolute Gasteiger partial charge is 0.343 e. The molecule has 0 aliphatic carbocycles. The number of hydrogen-bond acceptors (Lipinski definition) is 7. The van der Waals surface area contributed by atoms with Crippen LogP contribution >= 0.6 is 0 Å². The van der Waals surface area contributed by atoms with Crippen molar-refractivity contribution < 1.29 is 28.9 Å². The van der Waals surface area contributed by atoms with Gasteiger partial charge >= 0.3 is 5.97 Å². The molecule has 1 amide bonds. The molecule has 0 saturated heterocycles. The first-order valence-electron chi connectivity index (χ1n) is 10.7. The standard InChI is InChI=1S/C26H26N2O6/c1-3-15-33-21-12-10-20(11-13-21)26(31)34-22-14-9-18(16-23(22)32-2)17-27-28-25(30)24(29)19-7-5-4-6-8-19/h4-14,16-17,24,29H,3,15H2,1-2H3,(H,28,30)/b27-17-/t24-/m0/s1. The third-order valence-electron chi connectivity index (χ3n) is 4.71. The van der Waals surface area contributed by atoms with Gasteiger partial charge in [0.1, 0.15) is 5.75 Å². The molecule has 0 spiro atoms. The minimum absolute atomic E-state index is 0.236. The highest BCUT2D eigenvalue weighted by Crippen LogP contribution is 2.28. The lowest BCUT2D eigenvalue weighted by Crippen LogP contribution is -2.25. The van der Waals surface area contributed by atoms with E-state index in [4.69, 9.17) is 14.2 Å². The second-order valence-electron chi connectivity index (χ2n) is 7.22. The second kappa shape index (κ2) is 12.2. The Bertz CT molecular complexity index is 1130. The summed E-state index contributed by atoms with van der Waals surface area (Å²) in [6.07, 6.45) is 0.951. The fourth-order valence-electron chi connectivity index (χ4n) is 2.93. The van der Waals surface area contributed by atoms with Crippen LogP contribution in [-0.2, 0) is 4.79 Å². The third-order valence-corrected chi connectivity index (χ3v) is 4.71. The number of nitrogens with one attached hydrogen (secondary N) is 1. The number of carbonyl (C=O) groups excluding carboxylic acids is 2. The van der Waals surface area contributed by atoms with Gasteiger partial charge in [0, 0.05) is 0 Å². The number of ether oxygens (including phenoxy) is 3. The zero-order valence-corrected chi connectivity index (χ0v) is 18.9. The summed E-state index contributed by atoms with van der Waals surface area (Å²) in [7, 11) is 1.45. The molecule has 0 fully saturated rings. The van der Waals surface area contributed by atoms with Crippen LogP contribution in [0.2, 0.25) is 0 Å². The van der Waals surface area contributed by atoms with Crippen molar-refractivity contribution in [3.8, 4) is 17.2 Å². The first-order valence-corrected chi connectivity index (χ1v) is 10.7. The van der Waals surface area contributed by atoms with E-state index in [-0.39, 0.29) is 5.75 Å². The number of esters is 1. The topological polar surface area (TPSA) is 106 Å². The number of rotatable bonds is 10. The highest BCUT2D eigenvalue weighted by atomic mass is 16.6. The van der Waals surface area contributed by atoms with Crippen LogP contribution in [0.4, 0.5) is 0 Å². The number of benzene rings is 3. The Labute approximate surface area is 197 Å². The molecule has 3 rings (SSSR count). The molecule has 0 radical (unpaired) electrons. The van der Waals surface area contributed by atoms with Crippen LogP contribution < -0.4 is 19.6 Å². The Morgan fingerprint density at radius 3 is 2.44 bits per heavy atom. The van der Waals surface area contributed by atoms with Crippen molar-refractivity contribution in [2.45, 2.75) is 19.4 Å². The summed E-state index contributed by atoms with van der Waals surface area (Å²) in [4.78, 5) is 24.6. The van der Waals surface area contributed by atoms with Crippen molar-refractivity contribution in [2.24, 2.45) is 5.10 Å². The van der Waals surface area contributed by atoms with Gasteiger partial charge in [0.15, 0.2) is 17.6 Å². The van der Waals surface area contributed by atoms with E-state index in [1.54, 1.807) is 72.8 Å². The van der Waals surface area contributed by atoms with Gasteiger partial charge < -0.3 is 19.3 Å². The Balaban J connectivity index is 1.61.